The first kappa shape index (κ1) is 25.1. The van der Waals surface area contributed by atoms with Crippen LogP contribution in [0.4, 0.5) is 10.5 Å². The lowest BCUT2D eigenvalue weighted by Gasteiger charge is -2.25. The molecule has 0 unspecified atom stereocenters. The van der Waals surface area contributed by atoms with Gasteiger partial charge in [-0.1, -0.05) is 42.5 Å². The second-order valence-electron chi connectivity index (χ2n) is 9.67. The van der Waals surface area contributed by atoms with Crippen LogP contribution in [0, 0.1) is 11.3 Å². The monoisotopic (exact) mass is 530 g/mol. The van der Waals surface area contributed by atoms with Gasteiger partial charge < -0.3 is 20.3 Å². The number of hydrogen-bond acceptors (Lipinski definition) is 5. The largest absolute Gasteiger partial charge is 0.392 e. The number of carbonyl (C=O) groups is 2. The van der Waals surface area contributed by atoms with E-state index in [1.807, 2.05) is 60.7 Å². The molecule has 1 aliphatic rings. The van der Waals surface area contributed by atoms with E-state index in [0.29, 0.717) is 36.4 Å². The molecule has 198 valence electrons. The Hall–Kier alpha value is -5.20. The van der Waals surface area contributed by atoms with Gasteiger partial charge in [0, 0.05) is 54.0 Å². The summed E-state index contributed by atoms with van der Waals surface area (Å²) in [4.78, 5) is 34.8. The summed E-state index contributed by atoms with van der Waals surface area (Å²) in [6, 6.07) is 18.8. The standard InChI is InChI=1S/C31H26N6O3/c32-12-8-29(39)36-14-10-20(11-15-36)28-16-25-24(9-13-33-30(25)34-28)23-6-3-7-27(26(23)19-38)35-31(40)37-17-21-4-1-2-5-22(21)18-37/h1-7,9-10,13,16-18,38H,8,11,14-15,19H2,(H,33,34)(H,35,40). The average molecular weight is 531 g/mol. The highest BCUT2D eigenvalue weighted by molar-refractivity contribution is 6.00. The van der Waals surface area contributed by atoms with Crippen LogP contribution in [0.1, 0.15) is 24.1 Å². The van der Waals surface area contributed by atoms with Crippen LogP contribution in [0.15, 0.2) is 79.3 Å². The Morgan fingerprint density at radius 1 is 1.07 bits per heavy atom. The first-order valence-corrected chi connectivity index (χ1v) is 13.0. The number of fused-ring (bicyclic) bond motifs is 2. The minimum atomic E-state index is -0.321. The van der Waals surface area contributed by atoms with Crippen molar-refractivity contribution in [3.63, 3.8) is 0 Å². The molecular formula is C31H26N6O3. The second kappa shape index (κ2) is 10.5. The number of aromatic nitrogens is 3. The predicted octanol–water partition coefficient (Wildman–Crippen LogP) is 5.29. The van der Waals surface area contributed by atoms with Crippen LogP contribution in [-0.4, -0.2) is 49.6 Å². The van der Waals surface area contributed by atoms with Gasteiger partial charge in [0.1, 0.15) is 12.1 Å². The fraction of sp³-hybridized carbons (Fsp3) is 0.161. The van der Waals surface area contributed by atoms with Crippen molar-refractivity contribution < 1.29 is 14.7 Å². The molecule has 9 nitrogen and oxygen atoms in total. The third-order valence-electron chi connectivity index (χ3n) is 7.32. The third-order valence-corrected chi connectivity index (χ3v) is 7.32. The Bertz CT molecular complexity index is 1810. The number of rotatable bonds is 5. The van der Waals surface area contributed by atoms with Gasteiger partial charge in [-0.05, 0) is 52.1 Å². The molecule has 0 fully saturated rings. The molecule has 0 atom stereocenters. The molecule has 40 heavy (non-hydrogen) atoms. The SMILES string of the molecule is N#CCC(=O)N1CC=C(c2cc3c(-c4cccc(NC(=O)n5cc6ccccc6c5)c4CO)ccnc3[nH]2)CC1. The summed E-state index contributed by atoms with van der Waals surface area (Å²) in [6.07, 6.45) is 7.82. The number of amides is 2. The van der Waals surface area contributed by atoms with E-state index in [-0.39, 0.29) is 25.0 Å². The average Bonchev–Trinajstić information content (AvgIpc) is 3.62. The highest BCUT2D eigenvalue weighted by Gasteiger charge is 2.20. The van der Waals surface area contributed by atoms with Crippen LogP contribution < -0.4 is 5.32 Å². The molecule has 9 heteroatoms. The Morgan fingerprint density at radius 3 is 2.58 bits per heavy atom. The fourth-order valence-electron chi connectivity index (χ4n) is 5.26. The van der Waals surface area contributed by atoms with E-state index in [1.165, 1.54) is 4.57 Å². The number of H-pyrrole nitrogens is 1. The number of nitrogens with zero attached hydrogens (tertiary/aromatic N) is 4. The highest BCUT2D eigenvalue weighted by atomic mass is 16.3. The number of aromatic amines is 1. The first-order chi connectivity index (χ1) is 19.6. The van der Waals surface area contributed by atoms with Crippen LogP contribution >= 0.6 is 0 Å². The lowest BCUT2D eigenvalue weighted by molar-refractivity contribution is -0.129. The van der Waals surface area contributed by atoms with E-state index in [0.717, 1.165) is 38.6 Å². The summed E-state index contributed by atoms with van der Waals surface area (Å²) in [7, 11) is 0. The number of nitrogens with one attached hydrogen (secondary N) is 2. The van der Waals surface area contributed by atoms with Crippen molar-refractivity contribution in [3.8, 4) is 17.2 Å². The molecule has 0 aliphatic carbocycles. The van der Waals surface area contributed by atoms with E-state index >= 15 is 0 Å². The van der Waals surface area contributed by atoms with Crippen molar-refractivity contribution in [1.82, 2.24) is 19.4 Å². The number of carbonyl (C=O) groups excluding carboxylic acids is 2. The van der Waals surface area contributed by atoms with E-state index in [4.69, 9.17) is 5.26 Å². The fourth-order valence-corrected chi connectivity index (χ4v) is 5.26. The van der Waals surface area contributed by atoms with Gasteiger partial charge in [-0.15, -0.1) is 0 Å². The number of benzene rings is 2. The zero-order chi connectivity index (χ0) is 27.6. The van der Waals surface area contributed by atoms with Gasteiger partial charge >= 0.3 is 6.03 Å². The number of aliphatic hydroxyl groups excluding tert-OH is 1. The van der Waals surface area contributed by atoms with Crippen LogP contribution in [0.2, 0.25) is 0 Å². The Labute approximate surface area is 230 Å². The molecule has 2 aromatic carbocycles. The van der Waals surface area contributed by atoms with Gasteiger partial charge in [-0.2, -0.15) is 5.26 Å². The first-order valence-electron chi connectivity index (χ1n) is 13.0. The van der Waals surface area contributed by atoms with Gasteiger partial charge in [0.2, 0.25) is 5.91 Å². The van der Waals surface area contributed by atoms with Crippen molar-refractivity contribution in [2.24, 2.45) is 0 Å². The van der Waals surface area contributed by atoms with Gasteiger partial charge in [-0.3, -0.25) is 9.36 Å². The molecule has 0 radical (unpaired) electrons. The van der Waals surface area contributed by atoms with E-state index < -0.39 is 0 Å². The van der Waals surface area contributed by atoms with Crippen LogP contribution in [0.3, 0.4) is 0 Å². The maximum atomic E-state index is 13.1. The van der Waals surface area contributed by atoms with Gasteiger partial charge in [0.15, 0.2) is 0 Å². The summed E-state index contributed by atoms with van der Waals surface area (Å²) in [5.41, 5.74) is 5.49. The third kappa shape index (κ3) is 4.61. The molecule has 6 rings (SSSR count). The topological polar surface area (TPSA) is 127 Å². The number of aliphatic hydroxyl groups is 1. The summed E-state index contributed by atoms with van der Waals surface area (Å²) in [5.74, 6) is -0.160. The van der Waals surface area contributed by atoms with E-state index in [2.05, 4.69) is 15.3 Å². The zero-order valence-corrected chi connectivity index (χ0v) is 21.6. The maximum Gasteiger partial charge on any atom is 0.330 e. The highest BCUT2D eigenvalue weighted by Crippen LogP contribution is 2.36. The summed E-state index contributed by atoms with van der Waals surface area (Å²) >= 11 is 0. The maximum absolute atomic E-state index is 13.1. The van der Waals surface area contributed by atoms with E-state index in [1.54, 1.807) is 29.6 Å². The minimum absolute atomic E-state index is 0.113. The summed E-state index contributed by atoms with van der Waals surface area (Å²) in [5, 5.41) is 25.0. The molecule has 3 aromatic heterocycles. The van der Waals surface area contributed by atoms with Gasteiger partial charge in [0.05, 0.1) is 12.7 Å². The molecule has 0 bridgehead atoms. The molecule has 2 amide bonds. The predicted molar refractivity (Wildman–Crippen MR) is 153 cm³/mol. The molecular weight excluding hydrogens is 504 g/mol. The van der Waals surface area contributed by atoms with Crippen LogP contribution in [0.25, 0.3) is 38.5 Å². The number of pyridine rings is 1. The molecule has 0 saturated heterocycles. The lowest BCUT2D eigenvalue weighted by atomic mass is 9.96. The van der Waals surface area contributed by atoms with Crippen molar-refractivity contribution >= 4 is 45.0 Å². The second-order valence-corrected chi connectivity index (χ2v) is 9.67. The van der Waals surface area contributed by atoms with Crippen molar-refractivity contribution in [2.75, 3.05) is 18.4 Å². The van der Waals surface area contributed by atoms with Crippen molar-refractivity contribution in [1.29, 1.82) is 5.26 Å². The number of nitriles is 1. The smallest absolute Gasteiger partial charge is 0.330 e. The molecule has 4 heterocycles. The van der Waals surface area contributed by atoms with Crippen LogP contribution in [-0.2, 0) is 11.4 Å². The van der Waals surface area contributed by atoms with Gasteiger partial charge in [0.25, 0.3) is 0 Å². The summed E-state index contributed by atoms with van der Waals surface area (Å²) in [6.45, 7) is 0.743. The Kier molecular flexibility index (Phi) is 6.60. The van der Waals surface area contributed by atoms with Gasteiger partial charge in [-0.25, -0.2) is 9.78 Å². The number of hydrogen-bond donors (Lipinski definition) is 3. The molecule has 0 saturated carbocycles. The molecule has 1 aliphatic heterocycles. The number of anilines is 1. The van der Waals surface area contributed by atoms with Crippen LogP contribution in [0.5, 0.6) is 0 Å². The normalized spacial score (nSPS) is 13.3. The summed E-state index contributed by atoms with van der Waals surface area (Å²) < 4.78 is 1.51. The lowest BCUT2D eigenvalue weighted by Crippen LogP contribution is -2.34. The molecule has 3 N–H and O–H groups in total. The Morgan fingerprint density at radius 2 is 1.88 bits per heavy atom. The van der Waals surface area contributed by atoms with Crippen molar-refractivity contribution in [2.45, 2.75) is 19.4 Å². The molecule has 0 spiro atoms. The minimum Gasteiger partial charge on any atom is -0.392 e. The van der Waals surface area contributed by atoms with Crippen molar-refractivity contribution in [3.05, 3.63) is 90.5 Å². The Balaban J connectivity index is 1.31. The zero-order valence-electron chi connectivity index (χ0n) is 21.6. The molecule has 5 aromatic rings. The quantitative estimate of drug-likeness (QED) is 0.285. The van der Waals surface area contributed by atoms with E-state index in [9.17, 15) is 14.7 Å².